The summed E-state index contributed by atoms with van der Waals surface area (Å²) >= 11 is 0. The van der Waals surface area contributed by atoms with Gasteiger partial charge in [-0.25, -0.2) is 10.1 Å². The summed E-state index contributed by atoms with van der Waals surface area (Å²) in [6.07, 6.45) is 3.31. The first-order valence-corrected chi connectivity index (χ1v) is 6.52. The molecule has 2 aromatic heterocycles. The van der Waals surface area contributed by atoms with Crippen molar-refractivity contribution in [3.8, 4) is 5.82 Å². The average molecular weight is 308 g/mol. The van der Waals surface area contributed by atoms with Crippen LogP contribution in [0, 0.1) is 0 Å². The van der Waals surface area contributed by atoms with Gasteiger partial charge in [0.1, 0.15) is 5.69 Å². The van der Waals surface area contributed by atoms with Crippen molar-refractivity contribution in [2.75, 3.05) is 12.8 Å². The van der Waals surface area contributed by atoms with E-state index in [9.17, 15) is 4.79 Å². The highest BCUT2D eigenvalue weighted by atomic mass is 16.6. The van der Waals surface area contributed by atoms with E-state index in [0.717, 1.165) is 12.8 Å². The number of ether oxygens (including phenoxy) is 1. The van der Waals surface area contributed by atoms with Crippen LogP contribution in [0.1, 0.15) is 35.9 Å². The van der Waals surface area contributed by atoms with Gasteiger partial charge in [-0.05, 0) is 16.7 Å². The van der Waals surface area contributed by atoms with Crippen molar-refractivity contribution >= 4 is 17.9 Å². The number of carbonyl (C=O) groups excluding carboxylic acids is 1. The van der Waals surface area contributed by atoms with Crippen LogP contribution in [0.4, 0.5) is 5.82 Å². The number of hydrazone groups is 1. The van der Waals surface area contributed by atoms with Gasteiger partial charge in [0.05, 0.1) is 6.61 Å². The SMILES string of the molecule is CCC/C=N/NC(=O)c1nnn(-c2nonc2N)c1COC. The number of methoxy groups -OCH3 is 1. The average Bonchev–Trinajstić information content (AvgIpc) is 3.10. The molecule has 118 valence electrons. The van der Waals surface area contributed by atoms with E-state index < -0.39 is 5.91 Å². The number of hydrogen-bond donors (Lipinski definition) is 2. The van der Waals surface area contributed by atoms with E-state index >= 15 is 0 Å². The Hall–Kier alpha value is -2.82. The topological polar surface area (TPSA) is 146 Å². The zero-order chi connectivity index (χ0) is 15.9. The predicted octanol–water partition coefficient (Wildman–Crippen LogP) is -0.105. The van der Waals surface area contributed by atoms with Crippen LogP contribution in [-0.2, 0) is 11.3 Å². The minimum Gasteiger partial charge on any atom is -0.378 e. The summed E-state index contributed by atoms with van der Waals surface area (Å²) < 4.78 is 10.8. The lowest BCUT2D eigenvalue weighted by Crippen LogP contribution is -2.20. The Morgan fingerprint density at radius 1 is 1.55 bits per heavy atom. The number of nitrogen functional groups attached to an aromatic ring is 1. The molecule has 0 bridgehead atoms. The molecule has 2 rings (SSSR count). The molecule has 0 aromatic carbocycles. The molecule has 0 unspecified atom stereocenters. The molecular weight excluding hydrogens is 292 g/mol. The van der Waals surface area contributed by atoms with Gasteiger partial charge in [-0.3, -0.25) is 4.79 Å². The van der Waals surface area contributed by atoms with Gasteiger partial charge in [0.2, 0.25) is 11.6 Å². The Labute approximate surface area is 125 Å². The van der Waals surface area contributed by atoms with Crippen LogP contribution in [0.3, 0.4) is 0 Å². The van der Waals surface area contributed by atoms with Gasteiger partial charge in [-0.2, -0.15) is 9.78 Å². The van der Waals surface area contributed by atoms with Gasteiger partial charge in [-0.15, -0.1) is 5.10 Å². The highest BCUT2D eigenvalue weighted by molar-refractivity contribution is 5.93. The summed E-state index contributed by atoms with van der Waals surface area (Å²) in [4.78, 5) is 12.1. The van der Waals surface area contributed by atoms with Crippen LogP contribution in [0.25, 0.3) is 5.82 Å². The first-order valence-electron chi connectivity index (χ1n) is 6.52. The second-order valence-electron chi connectivity index (χ2n) is 4.24. The molecule has 1 amide bonds. The second-order valence-corrected chi connectivity index (χ2v) is 4.24. The summed E-state index contributed by atoms with van der Waals surface area (Å²) in [5.74, 6) is -0.357. The lowest BCUT2D eigenvalue weighted by Gasteiger charge is -2.03. The van der Waals surface area contributed by atoms with E-state index in [1.54, 1.807) is 6.21 Å². The number of unbranched alkanes of at least 4 members (excludes halogenated alkanes) is 1. The molecule has 0 aliphatic heterocycles. The van der Waals surface area contributed by atoms with Crippen LogP contribution >= 0.6 is 0 Å². The van der Waals surface area contributed by atoms with Crippen molar-refractivity contribution in [1.82, 2.24) is 30.7 Å². The van der Waals surface area contributed by atoms with Crippen molar-refractivity contribution in [3.63, 3.8) is 0 Å². The molecule has 0 aliphatic carbocycles. The van der Waals surface area contributed by atoms with Crippen LogP contribution in [-0.4, -0.2) is 44.5 Å². The fourth-order valence-electron chi connectivity index (χ4n) is 1.60. The molecule has 0 spiro atoms. The first-order chi connectivity index (χ1) is 10.7. The number of nitrogens with one attached hydrogen (secondary N) is 1. The maximum atomic E-state index is 12.1. The van der Waals surface area contributed by atoms with E-state index in [2.05, 4.69) is 35.8 Å². The Bertz CT molecular complexity index is 662. The van der Waals surface area contributed by atoms with Gasteiger partial charge in [0.25, 0.3) is 5.91 Å². The number of carbonyl (C=O) groups is 1. The number of nitrogens with two attached hydrogens (primary N) is 1. The van der Waals surface area contributed by atoms with Gasteiger partial charge in [-0.1, -0.05) is 18.6 Å². The summed E-state index contributed by atoms with van der Waals surface area (Å²) in [6.45, 7) is 2.08. The molecule has 3 N–H and O–H groups in total. The largest absolute Gasteiger partial charge is 0.378 e. The third-order valence-electron chi connectivity index (χ3n) is 2.63. The fourth-order valence-corrected chi connectivity index (χ4v) is 1.60. The second kappa shape index (κ2) is 7.26. The van der Waals surface area contributed by atoms with Crippen LogP contribution in [0.15, 0.2) is 9.73 Å². The zero-order valence-corrected chi connectivity index (χ0v) is 12.2. The number of nitrogens with zero attached hydrogens (tertiary/aromatic N) is 6. The van der Waals surface area contributed by atoms with Crippen LogP contribution in [0.5, 0.6) is 0 Å². The molecule has 0 aliphatic rings. The number of aromatic nitrogens is 5. The van der Waals surface area contributed by atoms with Gasteiger partial charge < -0.3 is 10.5 Å². The van der Waals surface area contributed by atoms with Crippen molar-refractivity contribution in [2.45, 2.75) is 26.4 Å². The van der Waals surface area contributed by atoms with E-state index in [0.29, 0.717) is 5.69 Å². The Kier molecular flexibility index (Phi) is 5.14. The minimum atomic E-state index is -0.513. The maximum Gasteiger partial charge on any atom is 0.293 e. The number of hydrogen-bond acceptors (Lipinski definition) is 9. The summed E-state index contributed by atoms with van der Waals surface area (Å²) in [5.41, 5.74) is 8.40. The molecule has 2 heterocycles. The van der Waals surface area contributed by atoms with E-state index in [1.807, 2.05) is 6.92 Å². The lowest BCUT2D eigenvalue weighted by atomic mass is 10.3. The monoisotopic (exact) mass is 308 g/mol. The highest BCUT2D eigenvalue weighted by Crippen LogP contribution is 2.16. The van der Waals surface area contributed by atoms with E-state index in [1.165, 1.54) is 11.8 Å². The third kappa shape index (κ3) is 3.25. The lowest BCUT2D eigenvalue weighted by molar-refractivity contribution is 0.0944. The molecule has 11 nitrogen and oxygen atoms in total. The van der Waals surface area contributed by atoms with Gasteiger partial charge in [0.15, 0.2) is 5.69 Å². The maximum absolute atomic E-state index is 12.1. The quantitative estimate of drug-likeness (QED) is 0.532. The van der Waals surface area contributed by atoms with Crippen molar-refractivity contribution in [3.05, 3.63) is 11.4 Å². The van der Waals surface area contributed by atoms with E-state index in [-0.39, 0.29) is 23.9 Å². The van der Waals surface area contributed by atoms with Crippen LogP contribution < -0.4 is 11.2 Å². The molecule has 0 saturated carbocycles. The number of amides is 1. The van der Waals surface area contributed by atoms with Crippen molar-refractivity contribution in [1.29, 1.82) is 0 Å². The summed E-state index contributed by atoms with van der Waals surface area (Å²) in [7, 11) is 1.48. The molecule has 0 radical (unpaired) electrons. The Morgan fingerprint density at radius 3 is 3.00 bits per heavy atom. The molecule has 2 aromatic rings. The summed E-state index contributed by atoms with van der Waals surface area (Å²) in [5, 5.41) is 18.5. The van der Waals surface area contributed by atoms with Crippen LogP contribution in [0.2, 0.25) is 0 Å². The minimum absolute atomic E-state index is 0.0233. The Balaban J connectivity index is 2.27. The van der Waals surface area contributed by atoms with Crippen molar-refractivity contribution < 1.29 is 14.2 Å². The third-order valence-corrected chi connectivity index (χ3v) is 2.63. The Morgan fingerprint density at radius 2 is 2.36 bits per heavy atom. The summed E-state index contributed by atoms with van der Waals surface area (Å²) in [6, 6.07) is 0. The van der Waals surface area contributed by atoms with Gasteiger partial charge >= 0.3 is 0 Å². The van der Waals surface area contributed by atoms with E-state index in [4.69, 9.17) is 10.5 Å². The standard InChI is InChI=1S/C11H16N8O3/c1-3-4-5-13-15-11(20)8-7(6-21-2)19(18-14-8)10-9(12)16-22-17-10/h5H,3-4,6H2,1-2H3,(H2,12,16)(H,15,20)/b13-5+. The molecule has 0 atom stereocenters. The highest BCUT2D eigenvalue weighted by Gasteiger charge is 2.23. The predicted molar refractivity (Wildman–Crippen MR) is 75.2 cm³/mol. The molecule has 11 heteroatoms. The number of rotatable bonds is 7. The number of anilines is 1. The molecule has 0 saturated heterocycles. The smallest absolute Gasteiger partial charge is 0.293 e. The van der Waals surface area contributed by atoms with Gasteiger partial charge in [0, 0.05) is 13.3 Å². The molecular formula is C11H16N8O3. The molecule has 22 heavy (non-hydrogen) atoms. The normalized spacial score (nSPS) is 11.2. The first kappa shape index (κ1) is 15.6. The molecule has 0 fully saturated rings. The van der Waals surface area contributed by atoms with Crippen molar-refractivity contribution in [2.24, 2.45) is 5.10 Å². The fraction of sp³-hybridized carbons (Fsp3) is 0.455. The zero-order valence-electron chi connectivity index (χ0n) is 12.2.